The number of oxazole rings is 1. The van der Waals surface area contributed by atoms with E-state index >= 15 is 0 Å². The van der Waals surface area contributed by atoms with E-state index < -0.39 is 0 Å². The monoisotopic (exact) mass is 309 g/mol. The number of halogens is 1. The molecule has 114 valence electrons. The minimum absolute atomic E-state index is 0.214. The molecular formula is C15H20ClN3O2. The number of piperazine rings is 1. The highest BCUT2D eigenvalue weighted by molar-refractivity contribution is 6.31. The normalized spacial score (nSPS) is 15.8. The number of fused-ring (bicyclic) bond motifs is 1. The summed E-state index contributed by atoms with van der Waals surface area (Å²) in [5.41, 5.74) is 2.71. The second kappa shape index (κ2) is 6.64. The Balaban J connectivity index is 1.89. The van der Waals surface area contributed by atoms with Crippen LogP contribution in [0.1, 0.15) is 18.4 Å². The van der Waals surface area contributed by atoms with Gasteiger partial charge in [-0.1, -0.05) is 11.6 Å². The fraction of sp³-hybridized carbons (Fsp3) is 0.533. The summed E-state index contributed by atoms with van der Waals surface area (Å²) in [6.07, 6.45) is 2.54. The number of aliphatic hydroxyl groups is 1. The van der Waals surface area contributed by atoms with Crippen LogP contribution in [0, 0.1) is 0 Å². The van der Waals surface area contributed by atoms with Gasteiger partial charge in [-0.2, -0.15) is 4.98 Å². The average molecular weight is 310 g/mol. The van der Waals surface area contributed by atoms with Crippen molar-refractivity contribution in [3.8, 4) is 0 Å². The maximum Gasteiger partial charge on any atom is 0.298 e. The van der Waals surface area contributed by atoms with Gasteiger partial charge in [-0.05, 0) is 37.0 Å². The Morgan fingerprint density at radius 1 is 1.29 bits per heavy atom. The SMILES string of the molecule is OCCCCc1cc(Cl)cc2nc(N3CCNCC3)oc12. The number of benzene rings is 1. The van der Waals surface area contributed by atoms with Gasteiger partial charge in [0.1, 0.15) is 5.52 Å². The van der Waals surface area contributed by atoms with Crippen molar-refractivity contribution in [3.63, 3.8) is 0 Å². The molecule has 0 saturated carbocycles. The first kappa shape index (κ1) is 14.6. The van der Waals surface area contributed by atoms with Crippen LogP contribution >= 0.6 is 11.6 Å². The lowest BCUT2D eigenvalue weighted by Gasteiger charge is -2.25. The third-order valence-corrected chi connectivity index (χ3v) is 3.98. The summed E-state index contributed by atoms with van der Waals surface area (Å²) in [5, 5.41) is 12.9. The summed E-state index contributed by atoms with van der Waals surface area (Å²) in [5.74, 6) is 0. The van der Waals surface area contributed by atoms with E-state index in [0.29, 0.717) is 11.0 Å². The largest absolute Gasteiger partial charge is 0.423 e. The molecule has 5 nitrogen and oxygen atoms in total. The second-order valence-corrected chi connectivity index (χ2v) is 5.76. The van der Waals surface area contributed by atoms with Crippen molar-refractivity contribution < 1.29 is 9.52 Å². The molecule has 0 amide bonds. The second-order valence-electron chi connectivity index (χ2n) is 5.33. The Labute approximate surface area is 128 Å². The Hall–Kier alpha value is -1.30. The van der Waals surface area contributed by atoms with E-state index in [-0.39, 0.29) is 6.61 Å². The molecule has 1 aromatic heterocycles. The first-order valence-electron chi connectivity index (χ1n) is 7.43. The first-order valence-corrected chi connectivity index (χ1v) is 7.81. The summed E-state index contributed by atoms with van der Waals surface area (Å²) >= 11 is 6.18. The molecule has 1 aromatic carbocycles. The third kappa shape index (κ3) is 3.31. The van der Waals surface area contributed by atoms with Gasteiger partial charge in [0.15, 0.2) is 5.58 Å². The van der Waals surface area contributed by atoms with Gasteiger partial charge in [-0.25, -0.2) is 0 Å². The molecular weight excluding hydrogens is 290 g/mol. The van der Waals surface area contributed by atoms with Crippen LogP contribution in [-0.4, -0.2) is 42.9 Å². The molecule has 3 rings (SSSR count). The average Bonchev–Trinajstić information content (AvgIpc) is 2.92. The van der Waals surface area contributed by atoms with Crippen molar-refractivity contribution in [2.24, 2.45) is 0 Å². The topological polar surface area (TPSA) is 61.5 Å². The fourth-order valence-electron chi connectivity index (χ4n) is 2.66. The van der Waals surface area contributed by atoms with E-state index in [0.717, 1.165) is 62.1 Å². The van der Waals surface area contributed by atoms with Gasteiger partial charge in [0.2, 0.25) is 0 Å². The van der Waals surface area contributed by atoms with E-state index in [1.807, 2.05) is 12.1 Å². The fourth-order valence-corrected chi connectivity index (χ4v) is 2.89. The van der Waals surface area contributed by atoms with E-state index in [4.69, 9.17) is 21.1 Å². The number of aryl methyl sites for hydroxylation is 1. The molecule has 0 aliphatic carbocycles. The Morgan fingerprint density at radius 2 is 2.10 bits per heavy atom. The minimum atomic E-state index is 0.214. The number of nitrogens with one attached hydrogen (secondary N) is 1. The summed E-state index contributed by atoms with van der Waals surface area (Å²) in [4.78, 5) is 6.74. The van der Waals surface area contributed by atoms with Gasteiger partial charge in [0.25, 0.3) is 6.01 Å². The highest BCUT2D eigenvalue weighted by Crippen LogP contribution is 2.29. The first-order chi connectivity index (χ1) is 10.3. The molecule has 0 radical (unpaired) electrons. The van der Waals surface area contributed by atoms with Crippen molar-refractivity contribution >= 4 is 28.7 Å². The number of hydrogen-bond donors (Lipinski definition) is 2. The molecule has 0 bridgehead atoms. The molecule has 1 fully saturated rings. The minimum Gasteiger partial charge on any atom is -0.423 e. The summed E-state index contributed by atoms with van der Waals surface area (Å²) in [6.45, 7) is 3.92. The summed E-state index contributed by atoms with van der Waals surface area (Å²) in [7, 11) is 0. The van der Waals surface area contributed by atoms with Gasteiger partial charge in [-0.3, -0.25) is 0 Å². The predicted molar refractivity (Wildman–Crippen MR) is 84.1 cm³/mol. The van der Waals surface area contributed by atoms with Gasteiger partial charge in [0.05, 0.1) is 0 Å². The molecule has 21 heavy (non-hydrogen) atoms. The number of anilines is 1. The van der Waals surface area contributed by atoms with Crippen LogP contribution < -0.4 is 10.2 Å². The van der Waals surface area contributed by atoms with Crippen molar-refractivity contribution in [1.82, 2.24) is 10.3 Å². The van der Waals surface area contributed by atoms with Gasteiger partial charge in [0, 0.05) is 37.8 Å². The number of hydrogen-bond acceptors (Lipinski definition) is 5. The van der Waals surface area contributed by atoms with Crippen LogP contribution in [0.3, 0.4) is 0 Å². The van der Waals surface area contributed by atoms with E-state index in [2.05, 4.69) is 15.2 Å². The van der Waals surface area contributed by atoms with Gasteiger partial charge < -0.3 is 19.7 Å². The molecule has 0 spiro atoms. The molecule has 1 aliphatic heterocycles. The molecule has 2 N–H and O–H groups in total. The van der Waals surface area contributed by atoms with Crippen LogP contribution in [-0.2, 0) is 6.42 Å². The highest BCUT2D eigenvalue weighted by atomic mass is 35.5. The number of rotatable bonds is 5. The number of unbranched alkanes of at least 4 members (excludes halogenated alkanes) is 1. The van der Waals surface area contributed by atoms with Crippen LogP contribution in [0.4, 0.5) is 6.01 Å². The van der Waals surface area contributed by atoms with E-state index in [1.165, 1.54) is 0 Å². The Kier molecular flexibility index (Phi) is 4.63. The summed E-state index contributed by atoms with van der Waals surface area (Å²) < 4.78 is 5.99. The van der Waals surface area contributed by atoms with Crippen molar-refractivity contribution in [2.75, 3.05) is 37.7 Å². The molecule has 1 aliphatic rings. The zero-order chi connectivity index (χ0) is 14.7. The quantitative estimate of drug-likeness (QED) is 0.829. The smallest absolute Gasteiger partial charge is 0.298 e. The van der Waals surface area contributed by atoms with Crippen LogP contribution in [0.5, 0.6) is 0 Å². The lowest BCUT2D eigenvalue weighted by Crippen LogP contribution is -2.43. The predicted octanol–water partition coefficient (Wildman–Crippen LogP) is 2.21. The number of nitrogens with zero attached hydrogens (tertiary/aromatic N) is 2. The molecule has 6 heteroatoms. The molecule has 0 unspecified atom stereocenters. The van der Waals surface area contributed by atoms with Crippen LogP contribution in [0.2, 0.25) is 5.02 Å². The maximum atomic E-state index is 8.91. The zero-order valence-corrected chi connectivity index (χ0v) is 12.7. The third-order valence-electron chi connectivity index (χ3n) is 3.76. The zero-order valence-electron chi connectivity index (χ0n) is 11.9. The van der Waals surface area contributed by atoms with Crippen molar-refractivity contribution in [2.45, 2.75) is 19.3 Å². The van der Waals surface area contributed by atoms with Crippen LogP contribution in [0.25, 0.3) is 11.1 Å². The molecule has 2 aromatic rings. The van der Waals surface area contributed by atoms with Crippen molar-refractivity contribution in [3.05, 3.63) is 22.7 Å². The van der Waals surface area contributed by atoms with Gasteiger partial charge >= 0.3 is 0 Å². The van der Waals surface area contributed by atoms with Crippen LogP contribution in [0.15, 0.2) is 16.5 Å². The molecule has 1 saturated heterocycles. The lowest BCUT2D eigenvalue weighted by atomic mass is 10.1. The number of aliphatic hydroxyl groups excluding tert-OH is 1. The van der Waals surface area contributed by atoms with Gasteiger partial charge in [-0.15, -0.1) is 0 Å². The van der Waals surface area contributed by atoms with E-state index in [1.54, 1.807) is 0 Å². The van der Waals surface area contributed by atoms with Crippen molar-refractivity contribution in [1.29, 1.82) is 0 Å². The summed E-state index contributed by atoms with van der Waals surface area (Å²) in [6, 6.07) is 4.47. The maximum absolute atomic E-state index is 8.91. The molecule has 0 atom stereocenters. The molecule has 2 heterocycles. The highest BCUT2D eigenvalue weighted by Gasteiger charge is 2.18. The standard InChI is InChI=1S/C15H20ClN3O2/c16-12-9-11(3-1-2-8-20)14-13(10-12)18-15(21-14)19-6-4-17-5-7-19/h9-10,17,20H,1-8H2. The van der Waals surface area contributed by atoms with E-state index in [9.17, 15) is 0 Å². The lowest BCUT2D eigenvalue weighted by molar-refractivity contribution is 0.284. The number of aromatic nitrogens is 1. The Bertz CT molecular complexity index is 608. The Morgan fingerprint density at radius 3 is 2.86 bits per heavy atom.